The molecule has 292 valence electrons. The number of piperidine rings is 1. The number of hydrogen-bond donors (Lipinski definition) is 4. The molecule has 12 heteroatoms. The number of rotatable bonds is 9. The standard InChI is InChI=1S/C39H67N3O9/c1-12-14-18-42(10)29-19-24(4)49-37(33(29)44)51-35-26(6)32(43)27(7)36(46)50-30(13-2)39(9,47)34(45)25(5)31(23(3)20-38(35,8)48-11)41-22-28-16-15-17-40-21-28/h1,23-30,33-35,37,40,44-45,47H,13-22H2,2-11H3/t23-,24-,25+,26+,27-,28-,29+,30-,33-,34-,35-,37+,38-,39-/m1/s1. The zero-order chi connectivity index (χ0) is 38.3. The summed E-state index contributed by atoms with van der Waals surface area (Å²) in [6.45, 7) is 17.0. The molecule has 51 heavy (non-hydrogen) atoms. The van der Waals surface area contributed by atoms with E-state index in [1.807, 2.05) is 39.6 Å². The fourth-order valence-corrected chi connectivity index (χ4v) is 8.39. The van der Waals surface area contributed by atoms with Gasteiger partial charge in [-0.25, -0.2) is 0 Å². The van der Waals surface area contributed by atoms with Gasteiger partial charge in [-0.1, -0.05) is 27.7 Å². The number of aliphatic hydroxyl groups is 3. The second kappa shape index (κ2) is 18.9. The Labute approximate surface area is 306 Å². The van der Waals surface area contributed by atoms with Crippen LogP contribution in [-0.2, 0) is 28.5 Å². The average Bonchev–Trinajstić information content (AvgIpc) is 3.11. The Morgan fingerprint density at radius 2 is 1.82 bits per heavy atom. The maximum atomic E-state index is 14.2. The van der Waals surface area contributed by atoms with Crippen LogP contribution < -0.4 is 5.32 Å². The third kappa shape index (κ3) is 10.4. The molecule has 0 aromatic rings. The fourth-order valence-electron chi connectivity index (χ4n) is 8.39. The van der Waals surface area contributed by atoms with Crippen LogP contribution in [0.5, 0.6) is 0 Å². The minimum Gasteiger partial charge on any atom is -0.459 e. The first-order valence-corrected chi connectivity index (χ1v) is 19.0. The molecule has 0 aromatic heterocycles. The Morgan fingerprint density at radius 3 is 2.41 bits per heavy atom. The average molecular weight is 722 g/mol. The Balaban J connectivity index is 2.12. The largest absolute Gasteiger partial charge is 0.459 e. The molecule has 12 nitrogen and oxygen atoms in total. The van der Waals surface area contributed by atoms with Gasteiger partial charge in [-0.05, 0) is 91.8 Å². The summed E-state index contributed by atoms with van der Waals surface area (Å²) in [5.74, 6) is -1.33. The Kier molecular flexibility index (Phi) is 16.1. The van der Waals surface area contributed by atoms with E-state index in [0.29, 0.717) is 44.0 Å². The van der Waals surface area contributed by atoms with Gasteiger partial charge in [0, 0.05) is 50.2 Å². The molecule has 3 rings (SSSR count). The van der Waals surface area contributed by atoms with Crippen molar-refractivity contribution < 1.29 is 43.9 Å². The first-order valence-electron chi connectivity index (χ1n) is 19.0. The summed E-state index contributed by atoms with van der Waals surface area (Å²) >= 11 is 0. The van der Waals surface area contributed by atoms with E-state index in [-0.39, 0.29) is 24.5 Å². The summed E-state index contributed by atoms with van der Waals surface area (Å²) in [5.41, 5.74) is -2.30. The number of Topliss-reactive ketones (excluding diaryl/α,β-unsaturated/α-hetero) is 1. The summed E-state index contributed by atoms with van der Waals surface area (Å²) in [7, 11) is 3.46. The van der Waals surface area contributed by atoms with E-state index < -0.39 is 71.4 Å². The topological polar surface area (TPSA) is 159 Å². The monoisotopic (exact) mass is 721 g/mol. The lowest BCUT2D eigenvalue weighted by Gasteiger charge is -2.47. The van der Waals surface area contributed by atoms with Crippen molar-refractivity contribution in [2.75, 3.05) is 40.3 Å². The van der Waals surface area contributed by atoms with E-state index in [0.717, 1.165) is 25.9 Å². The normalized spacial score (nSPS) is 43.0. The zero-order valence-corrected chi connectivity index (χ0v) is 32.8. The lowest BCUT2D eigenvalue weighted by molar-refractivity contribution is -0.295. The summed E-state index contributed by atoms with van der Waals surface area (Å²) in [6, 6.07) is -0.313. The van der Waals surface area contributed by atoms with Crippen LogP contribution in [0, 0.1) is 41.9 Å². The zero-order valence-electron chi connectivity index (χ0n) is 32.8. The summed E-state index contributed by atoms with van der Waals surface area (Å²) in [4.78, 5) is 34.9. The van der Waals surface area contributed by atoms with Crippen molar-refractivity contribution in [2.24, 2.45) is 34.6 Å². The van der Waals surface area contributed by atoms with Gasteiger partial charge in [0.15, 0.2) is 12.1 Å². The smallest absolute Gasteiger partial charge is 0.316 e. The van der Waals surface area contributed by atoms with Crippen molar-refractivity contribution in [2.45, 2.75) is 148 Å². The number of carbonyl (C=O) groups excluding carboxylic acids is 2. The second-order valence-electron chi connectivity index (χ2n) is 15.9. The third-order valence-electron chi connectivity index (χ3n) is 11.8. The summed E-state index contributed by atoms with van der Waals surface area (Å²) in [5, 5.41) is 38.7. The van der Waals surface area contributed by atoms with Gasteiger partial charge in [0.25, 0.3) is 0 Å². The maximum absolute atomic E-state index is 14.2. The highest BCUT2D eigenvalue weighted by Crippen LogP contribution is 2.39. The molecule has 3 aliphatic heterocycles. The molecule has 3 heterocycles. The van der Waals surface area contributed by atoms with E-state index in [2.05, 4.69) is 11.2 Å². The fraction of sp³-hybridized carbons (Fsp3) is 0.872. The van der Waals surface area contributed by atoms with Crippen LogP contribution in [0.25, 0.3) is 0 Å². The molecule has 3 fully saturated rings. The lowest BCUT2D eigenvalue weighted by Crippen LogP contribution is -2.60. The first kappa shape index (κ1) is 43.5. The molecule has 0 unspecified atom stereocenters. The van der Waals surface area contributed by atoms with Crippen molar-refractivity contribution in [1.82, 2.24) is 10.2 Å². The van der Waals surface area contributed by atoms with Gasteiger partial charge in [-0.15, -0.1) is 12.3 Å². The predicted molar refractivity (Wildman–Crippen MR) is 196 cm³/mol. The van der Waals surface area contributed by atoms with Gasteiger partial charge >= 0.3 is 5.97 Å². The number of cyclic esters (lactones) is 1. The molecular formula is C39H67N3O9. The molecule has 3 aliphatic rings. The molecular weight excluding hydrogens is 654 g/mol. The molecule has 14 atom stereocenters. The van der Waals surface area contributed by atoms with Gasteiger partial charge in [-0.2, -0.15) is 0 Å². The SMILES string of the molecule is C#CCCN(C)[C@H]1C[C@@H](C)O[C@@H](O[C@@H]2[C@@H](C)C(=O)[C@@H](C)C(=O)O[C@H](CC)[C@@](C)(O)[C@H](O)[C@@H](C)C(=NC[C@@H]3CCCNC3)[C@H](C)C[C@@]2(C)OC)[C@@H]1O. The van der Waals surface area contributed by atoms with E-state index in [9.17, 15) is 24.9 Å². The van der Waals surface area contributed by atoms with E-state index >= 15 is 0 Å². The van der Waals surface area contributed by atoms with E-state index in [1.54, 1.807) is 21.0 Å². The van der Waals surface area contributed by atoms with Crippen LogP contribution in [0.1, 0.15) is 93.9 Å². The number of esters is 1. The second-order valence-corrected chi connectivity index (χ2v) is 15.9. The molecule has 0 radical (unpaired) electrons. The number of ketones is 1. The van der Waals surface area contributed by atoms with Crippen molar-refractivity contribution >= 4 is 17.5 Å². The predicted octanol–water partition coefficient (Wildman–Crippen LogP) is 2.99. The van der Waals surface area contributed by atoms with Crippen LogP contribution in [0.4, 0.5) is 0 Å². The number of terminal acetylenes is 1. The number of hydrogen-bond acceptors (Lipinski definition) is 12. The molecule has 0 amide bonds. The van der Waals surface area contributed by atoms with Crippen molar-refractivity contribution in [1.29, 1.82) is 0 Å². The Hall–Kier alpha value is -1.95. The highest BCUT2D eigenvalue weighted by molar-refractivity contribution is 6.00. The minimum atomic E-state index is -1.83. The number of methoxy groups -OCH3 is 1. The van der Waals surface area contributed by atoms with Crippen LogP contribution in [0.2, 0.25) is 0 Å². The molecule has 0 spiro atoms. The van der Waals surface area contributed by atoms with Crippen molar-refractivity contribution in [3.8, 4) is 12.3 Å². The van der Waals surface area contributed by atoms with Crippen molar-refractivity contribution in [3.63, 3.8) is 0 Å². The number of aliphatic imine (C=N–C) groups is 1. The molecule has 4 N–H and O–H groups in total. The lowest BCUT2D eigenvalue weighted by atomic mass is 9.73. The molecule has 3 saturated heterocycles. The molecule has 0 saturated carbocycles. The highest BCUT2D eigenvalue weighted by atomic mass is 16.7. The van der Waals surface area contributed by atoms with Crippen LogP contribution in [0.15, 0.2) is 4.99 Å². The van der Waals surface area contributed by atoms with Gasteiger partial charge in [0.1, 0.15) is 23.7 Å². The number of nitrogens with one attached hydrogen (secondary N) is 1. The van der Waals surface area contributed by atoms with Crippen molar-refractivity contribution in [3.05, 3.63) is 0 Å². The first-order chi connectivity index (χ1) is 23.9. The molecule has 0 aliphatic carbocycles. The molecule has 0 bridgehead atoms. The van der Waals surface area contributed by atoms with Gasteiger partial charge in [0.2, 0.25) is 0 Å². The summed E-state index contributed by atoms with van der Waals surface area (Å²) in [6.07, 6.45) is 3.37. The number of carbonyl (C=O) groups is 2. The van der Waals surface area contributed by atoms with E-state index in [1.165, 1.54) is 13.8 Å². The van der Waals surface area contributed by atoms with Gasteiger partial charge in [-0.3, -0.25) is 19.5 Å². The third-order valence-corrected chi connectivity index (χ3v) is 11.8. The quantitative estimate of drug-likeness (QED) is 0.158. The number of likely N-dealkylation sites (N-methyl/N-ethyl adjacent to an activating group) is 1. The van der Waals surface area contributed by atoms with Crippen LogP contribution in [0.3, 0.4) is 0 Å². The number of nitrogens with zero attached hydrogens (tertiary/aromatic N) is 2. The Morgan fingerprint density at radius 1 is 1.14 bits per heavy atom. The minimum absolute atomic E-state index is 0.217. The highest BCUT2D eigenvalue weighted by Gasteiger charge is 2.51. The summed E-state index contributed by atoms with van der Waals surface area (Å²) < 4.78 is 25.0. The maximum Gasteiger partial charge on any atom is 0.316 e. The Bertz CT molecular complexity index is 1220. The van der Waals surface area contributed by atoms with Crippen LogP contribution >= 0.6 is 0 Å². The number of ether oxygens (including phenoxy) is 4. The number of aliphatic hydroxyl groups excluding tert-OH is 2. The van der Waals surface area contributed by atoms with Gasteiger partial charge < -0.3 is 39.6 Å². The molecule has 0 aromatic carbocycles. The van der Waals surface area contributed by atoms with Crippen LogP contribution in [-0.4, -0.2) is 132 Å². The van der Waals surface area contributed by atoms with E-state index in [4.69, 9.17) is 30.4 Å². The van der Waals surface area contributed by atoms with Gasteiger partial charge in [0.05, 0.1) is 23.9 Å².